The van der Waals surface area contributed by atoms with Gasteiger partial charge in [-0.15, -0.1) is 0 Å². The van der Waals surface area contributed by atoms with Crippen LogP contribution in [-0.2, 0) is 0 Å². The van der Waals surface area contributed by atoms with Crippen LogP contribution >= 0.6 is 0 Å². The number of aryl methyl sites for hydroxylation is 1. The summed E-state index contributed by atoms with van der Waals surface area (Å²) in [5, 5.41) is 0. The Morgan fingerprint density at radius 2 is 1.75 bits per heavy atom. The summed E-state index contributed by atoms with van der Waals surface area (Å²) in [4.78, 5) is 4.45. The van der Waals surface area contributed by atoms with E-state index in [1.807, 2.05) is 25.3 Å². The van der Waals surface area contributed by atoms with Crippen molar-refractivity contribution in [1.82, 2.24) is 4.98 Å². The predicted octanol–water partition coefficient (Wildman–Crippen LogP) is 4.09. The van der Waals surface area contributed by atoms with Gasteiger partial charge in [0.1, 0.15) is 0 Å². The van der Waals surface area contributed by atoms with Gasteiger partial charge in [0, 0.05) is 11.8 Å². The highest BCUT2D eigenvalue weighted by Crippen LogP contribution is 2.17. The molecule has 0 aliphatic heterocycles. The zero-order valence-corrected chi connectivity index (χ0v) is 9.64. The average Bonchev–Trinajstić information content (AvgIpc) is 2.32. The summed E-state index contributed by atoms with van der Waals surface area (Å²) in [6, 6.07) is 12.6. The molecule has 0 unspecified atom stereocenters. The lowest BCUT2D eigenvalue weighted by atomic mass is 10.1. The Morgan fingerprint density at radius 1 is 1.00 bits per heavy atom. The zero-order chi connectivity index (χ0) is 11.4. The van der Waals surface area contributed by atoms with Gasteiger partial charge < -0.3 is 0 Å². The van der Waals surface area contributed by atoms with Crippen LogP contribution in [0.4, 0.5) is 0 Å². The second kappa shape index (κ2) is 4.75. The number of aromatic nitrogens is 1. The molecule has 1 heteroatoms. The molecule has 1 heterocycles. The van der Waals surface area contributed by atoms with Crippen molar-refractivity contribution in [3.63, 3.8) is 0 Å². The maximum atomic E-state index is 4.45. The molecule has 0 bridgehead atoms. The van der Waals surface area contributed by atoms with Gasteiger partial charge in [-0.3, -0.25) is 4.98 Å². The molecule has 1 aromatic heterocycles. The van der Waals surface area contributed by atoms with E-state index >= 15 is 0 Å². The number of rotatable bonds is 2. The molecule has 80 valence electrons. The number of nitrogens with zero attached hydrogens (tertiary/aromatic N) is 1. The van der Waals surface area contributed by atoms with E-state index in [1.165, 1.54) is 5.56 Å². The van der Waals surface area contributed by atoms with E-state index in [1.54, 1.807) is 0 Å². The highest BCUT2D eigenvalue weighted by Gasteiger charge is 1.97. The summed E-state index contributed by atoms with van der Waals surface area (Å²) in [6.07, 6.45) is 5.96. The summed E-state index contributed by atoms with van der Waals surface area (Å²) >= 11 is 0. The van der Waals surface area contributed by atoms with E-state index in [0.29, 0.717) is 0 Å². The van der Waals surface area contributed by atoms with Crippen molar-refractivity contribution < 1.29 is 0 Å². The fourth-order valence-corrected chi connectivity index (χ4v) is 1.59. The zero-order valence-electron chi connectivity index (χ0n) is 9.64. The first-order valence-electron chi connectivity index (χ1n) is 5.45. The molecule has 0 saturated heterocycles. The standard InChI is InChI=1S/C15H15N/c1-3-4-13-7-10-15(16-11-13)14-8-5-12(2)6-9-14/h3-11H,1-2H3/b4-3+. The van der Waals surface area contributed by atoms with E-state index in [9.17, 15) is 0 Å². The number of hydrogen-bond acceptors (Lipinski definition) is 1. The van der Waals surface area contributed by atoms with Gasteiger partial charge in [0.2, 0.25) is 0 Å². The molecule has 0 aliphatic rings. The van der Waals surface area contributed by atoms with Gasteiger partial charge in [-0.25, -0.2) is 0 Å². The van der Waals surface area contributed by atoms with E-state index < -0.39 is 0 Å². The molecule has 0 fully saturated rings. The second-order valence-corrected chi connectivity index (χ2v) is 3.84. The van der Waals surface area contributed by atoms with Crippen LogP contribution in [0.15, 0.2) is 48.7 Å². The first-order valence-corrected chi connectivity index (χ1v) is 5.45. The van der Waals surface area contributed by atoms with Gasteiger partial charge in [0.15, 0.2) is 0 Å². The van der Waals surface area contributed by atoms with Crippen molar-refractivity contribution in [3.8, 4) is 11.3 Å². The number of pyridine rings is 1. The van der Waals surface area contributed by atoms with Gasteiger partial charge in [0.25, 0.3) is 0 Å². The van der Waals surface area contributed by atoms with Crippen molar-refractivity contribution >= 4 is 6.08 Å². The molecule has 0 aliphatic carbocycles. The van der Waals surface area contributed by atoms with Crippen LogP contribution in [-0.4, -0.2) is 4.98 Å². The molecule has 1 aromatic carbocycles. The fraction of sp³-hybridized carbons (Fsp3) is 0.133. The minimum atomic E-state index is 1.02. The average molecular weight is 209 g/mol. The van der Waals surface area contributed by atoms with E-state index in [4.69, 9.17) is 0 Å². The molecular formula is C15H15N. The highest BCUT2D eigenvalue weighted by molar-refractivity contribution is 5.61. The summed E-state index contributed by atoms with van der Waals surface area (Å²) in [5.41, 5.74) is 4.60. The van der Waals surface area contributed by atoms with Crippen LogP contribution in [0.5, 0.6) is 0 Å². The van der Waals surface area contributed by atoms with Crippen LogP contribution in [0.2, 0.25) is 0 Å². The molecule has 2 aromatic rings. The summed E-state index contributed by atoms with van der Waals surface area (Å²) in [5.74, 6) is 0. The maximum Gasteiger partial charge on any atom is 0.0702 e. The molecular weight excluding hydrogens is 194 g/mol. The third-order valence-corrected chi connectivity index (χ3v) is 2.49. The number of hydrogen-bond donors (Lipinski definition) is 0. The van der Waals surface area contributed by atoms with E-state index in [0.717, 1.165) is 16.8 Å². The lowest BCUT2D eigenvalue weighted by Crippen LogP contribution is -1.84. The Labute approximate surface area is 96.5 Å². The molecule has 16 heavy (non-hydrogen) atoms. The first-order chi connectivity index (χ1) is 7.79. The van der Waals surface area contributed by atoms with Crippen molar-refractivity contribution in [2.75, 3.05) is 0 Å². The molecule has 0 radical (unpaired) electrons. The molecule has 0 spiro atoms. The van der Waals surface area contributed by atoms with Crippen LogP contribution in [0.1, 0.15) is 18.1 Å². The molecule has 0 saturated carbocycles. The third kappa shape index (κ3) is 2.37. The maximum absolute atomic E-state index is 4.45. The van der Waals surface area contributed by atoms with Gasteiger partial charge in [-0.2, -0.15) is 0 Å². The minimum Gasteiger partial charge on any atom is -0.256 e. The lowest BCUT2D eigenvalue weighted by Gasteiger charge is -2.01. The van der Waals surface area contributed by atoms with Gasteiger partial charge >= 0.3 is 0 Å². The highest BCUT2D eigenvalue weighted by atomic mass is 14.7. The normalized spacial score (nSPS) is 10.9. The summed E-state index contributed by atoms with van der Waals surface area (Å²) in [6.45, 7) is 4.10. The fourth-order valence-electron chi connectivity index (χ4n) is 1.59. The molecule has 0 N–H and O–H groups in total. The quantitative estimate of drug-likeness (QED) is 0.726. The van der Waals surface area contributed by atoms with Crippen LogP contribution in [0, 0.1) is 6.92 Å². The van der Waals surface area contributed by atoms with E-state index in [-0.39, 0.29) is 0 Å². The lowest BCUT2D eigenvalue weighted by molar-refractivity contribution is 1.31. The second-order valence-electron chi connectivity index (χ2n) is 3.84. The molecule has 2 rings (SSSR count). The Bertz CT molecular complexity index is 478. The van der Waals surface area contributed by atoms with Gasteiger partial charge in [0.05, 0.1) is 5.69 Å². The first kappa shape index (κ1) is 10.6. The Morgan fingerprint density at radius 3 is 2.31 bits per heavy atom. The van der Waals surface area contributed by atoms with Gasteiger partial charge in [-0.1, -0.05) is 48.0 Å². The Balaban J connectivity index is 2.31. The van der Waals surface area contributed by atoms with Crippen molar-refractivity contribution in [2.45, 2.75) is 13.8 Å². The Kier molecular flexibility index (Phi) is 3.16. The number of benzene rings is 1. The third-order valence-electron chi connectivity index (χ3n) is 2.49. The SMILES string of the molecule is C/C=C/c1ccc(-c2ccc(C)cc2)nc1. The Hall–Kier alpha value is -1.89. The van der Waals surface area contributed by atoms with Crippen LogP contribution < -0.4 is 0 Å². The smallest absolute Gasteiger partial charge is 0.0702 e. The summed E-state index contributed by atoms with van der Waals surface area (Å²) < 4.78 is 0. The van der Waals surface area contributed by atoms with Crippen LogP contribution in [0.3, 0.4) is 0 Å². The monoisotopic (exact) mass is 209 g/mol. The van der Waals surface area contributed by atoms with Gasteiger partial charge in [-0.05, 0) is 25.5 Å². The number of allylic oxidation sites excluding steroid dienone is 1. The van der Waals surface area contributed by atoms with Crippen molar-refractivity contribution in [1.29, 1.82) is 0 Å². The minimum absolute atomic E-state index is 1.02. The molecule has 0 atom stereocenters. The van der Waals surface area contributed by atoms with E-state index in [2.05, 4.69) is 48.3 Å². The van der Waals surface area contributed by atoms with Crippen LogP contribution in [0.25, 0.3) is 17.3 Å². The predicted molar refractivity (Wildman–Crippen MR) is 69.1 cm³/mol. The molecule has 1 nitrogen and oxygen atoms in total. The largest absolute Gasteiger partial charge is 0.256 e. The van der Waals surface area contributed by atoms with Crippen molar-refractivity contribution in [3.05, 3.63) is 59.8 Å². The summed E-state index contributed by atoms with van der Waals surface area (Å²) in [7, 11) is 0. The topological polar surface area (TPSA) is 12.9 Å². The van der Waals surface area contributed by atoms with Crippen molar-refractivity contribution in [2.24, 2.45) is 0 Å². The molecule has 0 amide bonds.